The first-order valence-corrected chi connectivity index (χ1v) is 4.77. The second kappa shape index (κ2) is 3.10. The Bertz CT molecular complexity index is 291. The van der Waals surface area contributed by atoms with Gasteiger partial charge in [-0.2, -0.15) is 0 Å². The van der Waals surface area contributed by atoms with E-state index in [9.17, 15) is 0 Å². The lowest BCUT2D eigenvalue weighted by Crippen LogP contribution is -2.30. The summed E-state index contributed by atoms with van der Waals surface area (Å²) in [6, 6.07) is 0. The van der Waals surface area contributed by atoms with Crippen LogP contribution in [0.15, 0.2) is 4.42 Å². The maximum atomic E-state index is 5.53. The Morgan fingerprint density at radius 1 is 1.46 bits per heavy atom. The summed E-state index contributed by atoms with van der Waals surface area (Å²) in [5.41, 5.74) is 5.55. The highest BCUT2D eigenvalue weighted by atomic mass is 16.4. The van der Waals surface area contributed by atoms with E-state index in [-0.39, 0.29) is 5.41 Å². The van der Waals surface area contributed by atoms with Gasteiger partial charge < -0.3 is 10.2 Å². The van der Waals surface area contributed by atoms with Crippen molar-refractivity contribution in [3.8, 4) is 0 Å². The Balaban J connectivity index is 2.12. The van der Waals surface area contributed by atoms with Crippen molar-refractivity contribution in [2.75, 3.05) is 6.54 Å². The molecular weight excluding hydrogens is 166 g/mol. The van der Waals surface area contributed by atoms with Crippen LogP contribution >= 0.6 is 0 Å². The summed E-state index contributed by atoms with van der Waals surface area (Å²) < 4.78 is 5.53. The summed E-state index contributed by atoms with van der Waals surface area (Å²) >= 11 is 0. The summed E-state index contributed by atoms with van der Waals surface area (Å²) in [6.45, 7) is 2.74. The third kappa shape index (κ3) is 1.46. The van der Waals surface area contributed by atoms with E-state index in [0.717, 1.165) is 18.7 Å². The first kappa shape index (κ1) is 8.69. The molecule has 1 aliphatic carbocycles. The van der Waals surface area contributed by atoms with Gasteiger partial charge in [-0.05, 0) is 12.8 Å². The average molecular weight is 181 g/mol. The molecule has 0 spiro atoms. The molecule has 1 aromatic rings. The molecule has 13 heavy (non-hydrogen) atoms. The van der Waals surface area contributed by atoms with Gasteiger partial charge in [0, 0.05) is 18.4 Å². The lowest BCUT2D eigenvalue weighted by atomic mass is 9.70. The van der Waals surface area contributed by atoms with Crippen LogP contribution in [-0.4, -0.2) is 16.7 Å². The highest BCUT2D eigenvalue weighted by Gasteiger charge is 2.38. The van der Waals surface area contributed by atoms with E-state index in [0.29, 0.717) is 18.9 Å². The Hall–Kier alpha value is -0.900. The van der Waals surface area contributed by atoms with Gasteiger partial charge in [0.15, 0.2) is 0 Å². The molecule has 0 aliphatic heterocycles. The lowest BCUT2D eigenvalue weighted by molar-refractivity contribution is 0.210. The van der Waals surface area contributed by atoms with Crippen molar-refractivity contribution in [1.29, 1.82) is 0 Å². The van der Waals surface area contributed by atoms with Gasteiger partial charge in [-0.15, -0.1) is 10.2 Å². The van der Waals surface area contributed by atoms with Crippen LogP contribution in [0.4, 0.5) is 0 Å². The molecule has 1 saturated carbocycles. The Labute approximate surface area is 77.5 Å². The zero-order chi connectivity index (χ0) is 9.31. The number of nitrogens with two attached hydrogens (primary N) is 1. The van der Waals surface area contributed by atoms with Crippen LogP contribution in [-0.2, 0) is 11.8 Å². The van der Waals surface area contributed by atoms with Crippen molar-refractivity contribution in [2.45, 2.75) is 38.0 Å². The Kier molecular flexibility index (Phi) is 2.07. The highest BCUT2D eigenvalue weighted by molar-refractivity contribution is 5.06. The Morgan fingerprint density at radius 2 is 2.23 bits per heavy atom. The smallest absolute Gasteiger partial charge is 0.222 e. The Morgan fingerprint density at radius 3 is 2.77 bits per heavy atom. The summed E-state index contributed by atoms with van der Waals surface area (Å²) in [5, 5.41) is 8.01. The molecule has 0 aromatic carbocycles. The molecule has 0 atom stereocenters. The van der Waals surface area contributed by atoms with Crippen LogP contribution in [0, 0.1) is 0 Å². The molecule has 72 valence electrons. The molecular formula is C9H15N3O. The van der Waals surface area contributed by atoms with Gasteiger partial charge in [0.1, 0.15) is 0 Å². The quantitative estimate of drug-likeness (QED) is 0.755. The number of nitrogens with zero attached hydrogens (tertiary/aromatic N) is 2. The second-order valence-electron chi connectivity index (χ2n) is 3.95. The summed E-state index contributed by atoms with van der Waals surface area (Å²) in [6.07, 6.45) is 4.28. The maximum Gasteiger partial charge on any atom is 0.222 e. The van der Waals surface area contributed by atoms with Crippen LogP contribution in [0.5, 0.6) is 0 Å². The van der Waals surface area contributed by atoms with Crippen LogP contribution in [0.2, 0.25) is 0 Å². The first-order valence-electron chi connectivity index (χ1n) is 4.77. The molecule has 1 heterocycles. The van der Waals surface area contributed by atoms with Crippen molar-refractivity contribution in [3.63, 3.8) is 0 Å². The van der Waals surface area contributed by atoms with E-state index in [1.807, 2.05) is 0 Å². The summed E-state index contributed by atoms with van der Waals surface area (Å²) in [7, 11) is 0. The van der Waals surface area contributed by atoms with Crippen LogP contribution in [0.25, 0.3) is 0 Å². The van der Waals surface area contributed by atoms with E-state index in [4.69, 9.17) is 10.2 Å². The third-order valence-electron chi connectivity index (χ3n) is 2.80. The molecule has 0 unspecified atom stereocenters. The number of hydrogen-bond acceptors (Lipinski definition) is 4. The zero-order valence-electron chi connectivity index (χ0n) is 7.92. The minimum Gasteiger partial charge on any atom is -0.425 e. The normalized spacial score (nSPS) is 19.8. The van der Waals surface area contributed by atoms with Crippen molar-refractivity contribution in [3.05, 3.63) is 11.8 Å². The van der Waals surface area contributed by atoms with Gasteiger partial charge in [0.25, 0.3) is 0 Å². The standard InChI is InChI=1S/C9H15N3O/c1-9(4-2-5-9)8-12-11-7(13-8)3-6-10/h2-6,10H2,1H3. The number of aromatic nitrogens is 2. The minimum absolute atomic E-state index is 0.153. The van der Waals surface area contributed by atoms with Crippen LogP contribution in [0.1, 0.15) is 38.0 Å². The minimum atomic E-state index is 0.153. The van der Waals surface area contributed by atoms with Gasteiger partial charge in [0.05, 0.1) is 0 Å². The van der Waals surface area contributed by atoms with Crippen molar-refractivity contribution < 1.29 is 4.42 Å². The molecule has 2 rings (SSSR count). The predicted octanol–water partition coefficient (Wildman–Crippen LogP) is 1.01. The molecule has 2 N–H and O–H groups in total. The van der Waals surface area contributed by atoms with Gasteiger partial charge in [-0.3, -0.25) is 0 Å². The lowest BCUT2D eigenvalue weighted by Gasteiger charge is -2.34. The molecule has 1 aliphatic rings. The zero-order valence-corrected chi connectivity index (χ0v) is 7.92. The van der Waals surface area contributed by atoms with E-state index in [1.165, 1.54) is 6.42 Å². The van der Waals surface area contributed by atoms with Gasteiger partial charge in [0.2, 0.25) is 11.8 Å². The van der Waals surface area contributed by atoms with Gasteiger partial charge in [-0.25, -0.2) is 0 Å². The maximum absolute atomic E-state index is 5.53. The molecule has 0 bridgehead atoms. The fourth-order valence-corrected chi connectivity index (χ4v) is 1.64. The predicted molar refractivity (Wildman–Crippen MR) is 48.3 cm³/mol. The SMILES string of the molecule is CC1(c2nnc(CCN)o2)CCC1. The largest absolute Gasteiger partial charge is 0.425 e. The molecule has 0 amide bonds. The molecule has 0 radical (unpaired) electrons. The van der Waals surface area contributed by atoms with Gasteiger partial charge >= 0.3 is 0 Å². The molecule has 1 aromatic heterocycles. The average Bonchev–Trinajstić information content (AvgIpc) is 2.50. The topological polar surface area (TPSA) is 64.9 Å². The van der Waals surface area contributed by atoms with Crippen molar-refractivity contribution >= 4 is 0 Å². The molecule has 4 heteroatoms. The first-order chi connectivity index (χ1) is 6.24. The fraction of sp³-hybridized carbons (Fsp3) is 0.778. The fourth-order valence-electron chi connectivity index (χ4n) is 1.64. The van der Waals surface area contributed by atoms with Crippen LogP contribution in [0.3, 0.4) is 0 Å². The summed E-state index contributed by atoms with van der Waals surface area (Å²) in [4.78, 5) is 0. The van der Waals surface area contributed by atoms with E-state index >= 15 is 0 Å². The third-order valence-corrected chi connectivity index (χ3v) is 2.80. The summed E-state index contributed by atoms with van der Waals surface area (Å²) in [5.74, 6) is 1.47. The van der Waals surface area contributed by atoms with E-state index < -0.39 is 0 Å². The van der Waals surface area contributed by atoms with E-state index in [2.05, 4.69) is 17.1 Å². The highest BCUT2D eigenvalue weighted by Crippen LogP contribution is 2.42. The van der Waals surface area contributed by atoms with Gasteiger partial charge in [-0.1, -0.05) is 13.3 Å². The number of rotatable bonds is 3. The molecule has 0 saturated heterocycles. The van der Waals surface area contributed by atoms with Crippen molar-refractivity contribution in [1.82, 2.24) is 10.2 Å². The monoisotopic (exact) mass is 181 g/mol. The van der Waals surface area contributed by atoms with Crippen LogP contribution < -0.4 is 5.73 Å². The second-order valence-corrected chi connectivity index (χ2v) is 3.95. The van der Waals surface area contributed by atoms with E-state index in [1.54, 1.807) is 0 Å². The number of hydrogen-bond donors (Lipinski definition) is 1. The van der Waals surface area contributed by atoms with Crippen molar-refractivity contribution in [2.24, 2.45) is 5.73 Å². The molecule has 1 fully saturated rings. The molecule has 4 nitrogen and oxygen atoms in total.